The molecule has 5 N–H and O–H groups in total. The van der Waals surface area contributed by atoms with Crippen molar-refractivity contribution in [2.75, 3.05) is 12.3 Å². The number of aliphatic hydroxyl groups is 1. The summed E-state index contributed by atoms with van der Waals surface area (Å²) >= 11 is 1.60. The summed E-state index contributed by atoms with van der Waals surface area (Å²) in [5.41, 5.74) is 24.3. The van der Waals surface area contributed by atoms with Crippen molar-refractivity contribution in [1.29, 1.82) is 0 Å². The van der Waals surface area contributed by atoms with Gasteiger partial charge in [-0.25, -0.2) is 19.9 Å². The van der Waals surface area contributed by atoms with Gasteiger partial charge in [0.1, 0.15) is 22.9 Å². The van der Waals surface area contributed by atoms with Gasteiger partial charge in [0.15, 0.2) is 17.3 Å². The maximum Gasteiger partial charge on any atom is 0.227 e. The number of aromatic nitrogens is 5. The molecule has 1 saturated carbocycles. The number of amides is 1. The van der Waals surface area contributed by atoms with Crippen LogP contribution in [0, 0.1) is 18.3 Å². The number of thiazole rings is 1. The summed E-state index contributed by atoms with van der Waals surface area (Å²) in [7, 11) is 0. The second kappa shape index (κ2) is 23.0. The van der Waals surface area contributed by atoms with Crippen molar-refractivity contribution in [3.8, 4) is 38.8 Å². The number of carbonyl (C=O) groups excluding carboxylic acids is 4. The Hall–Kier alpha value is -6.74. The fourth-order valence-corrected chi connectivity index (χ4v) is 11.6. The van der Waals surface area contributed by atoms with Gasteiger partial charge in [-0.3, -0.25) is 23.7 Å². The Bertz CT molecular complexity index is 3170. The molecule has 14 heteroatoms. The number of carbonyl (C=O) groups is 4. The molecule has 1 saturated heterocycles. The van der Waals surface area contributed by atoms with Crippen molar-refractivity contribution < 1.29 is 24.3 Å². The van der Waals surface area contributed by atoms with Crippen LogP contribution in [-0.2, 0) is 37.6 Å². The van der Waals surface area contributed by atoms with Gasteiger partial charge >= 0.3 is 0 Å². The maximum absolute atomic E-state index is 14.2. The average Bonchev–Trinajstić information content (AvgIpc) is 4.12. The summed E-state index contributed by atoms with van der Waals surface area (Å²) in [6.07, 6.45) is 9.83. The lowest BCUT2D eigenvalue weighted by atomic mass is 9.73. The number of likely N-dealkylation sites (tertiary alicyclic amines) is 1. The maximum atomic E-state index is 14.2. The van der Waals surface area contributed by atoms with Crippen LogP contribution in [0.25, 0.3) is 49.9 Å². The molecule has 13 nitrogen and oxygen atoms in total. The zero-order valence-corrected chi connectivity index (χ0v) is 44.6. The number of nitrogen functional groups attached to an aromatic ring is 1. The van der Waals surface area contributed by atoms with Gasteiger partial charge in [0.2, 0.25) is 5.91 Å². The topological polar surface area (TPSA) is 200 Å². The van der Waals surface area contributed by atoms with Gasteiger partial charge in [-0.1, -0.05) is 81.8 Å². The number of pyridine rings is 2. The molecule has 0 spiro atoms. The van der Waals surface area contributed by atoms with Gasteiger partial charge in [0.05, 0.1) is 39.5 Å². The zero-order valence-electron chi connectivity index (χ0n) is 43.8. The predicted octanol–water partition coefficient (Wildman–Crippen LogP) is 11.1. The van der Waals surface area contributed by atoms with Gasteiger partial charge in [-0.2, -0.15) is 0 Å². The molecule has 1 aliphatic carbocycles. The molecular weight excluding hydrogens is 957 g/mol. The number of β-amino-alcohol motifs (C(OH)–C–C–N with tert-alkyl or cyclic N) is 1. The Labute approximate surface area is 444 Å². The van der Waals surface area contributed by atoms with Crippen LogP contribution in [0.3, 0.4) is 0 Å². The van der Waals surface area contributed by atoms with E-state index in [2.05, 4.69) is 52.4 Å². The van der Waals surface area contributed by atoms with E-state index in [4.69, 9.17) is 21.4 Å². The smallest absolute Gasteiger partial charge is 0.227 e. The van der Waals surface area contributed by atoms with Crippen molar-refractivity contribution in [2.24, 2.45) is 17.1 Å². The second-order valence-electron chi connectivity index (χ2n) is 21.9. The first-order valence-corrected chi connectivity index (χ1v) is 27.6. The highest BCUT2D eigenvalue weighted by atomic mass is 32.1. The number of aliphatic hydroxyl groups excluding tert-OH is 1. The van der Waals surface area contributed by atoms with Crippen LogP contribution in [0.1, 0.15) is 127 Å². The van der Waals surface area contributed by atoms with Crippen molar-refractivity contribution in [3.63, 3.8) is 0 Å². The van der Waals surface area contributed by atoms with E-state index < -0.39 is 23.5 Å². The highest BCUT2D eigenvalue weighted by Crippen LogP contribution is 2.40. The number of rotatable bonds is 22. The molecule has 9 rings (SSSR count). The molecule has 2 fully saturated rings. The molecule has 0 radical (unpaired) electrons. The number of fused-ring (bicyclic) bond motifs is 1. The van der Waals surface area contributed by atoms with Crippen LogP contribution >= 0.6 is 11.3 Å². The molecule has 0 bridgehead atoms. The summed E-state index contributed by atoms with van der Waals surface area (Å²) in [5.74, 6) is 0.293. The van der Waals surface area contributed by atoms with E-state index in [1.807, 2.05) is 92.4 Å². The van der Waals surface area contributed by atoms with Crippen LogP contribution < -0.4 is 11.5 Å². The minimum Gasteiger partial charge on any atom is -0.391 e. The van der Waals surface area contributed by atoms with E-state index in [-0.39, 0.29) is 54.6 Å². The number of unbranched alkanes of at least 4 members (excludes halogenated alkanes) is 2. The van der Waals surface area contributed by atoms with Crippen LogP contribution in [0.5, 0.6) is 0 Å². The molecule has 1 amide bonds. The molecule has 3 aromatic carbocycles. The van der Waals surface area contributed by atoms with E-state index >= 15 is 0 Å². The Morgan fingerprint density at radius 1 is 0.800 bits per heavy atom. The standard InChI is InChI=1S/C61H70N8O5S/c1-39-55(75-38-65-39)42-22-19-40(20-23-42)21-30-54(73)53-36-48(72)37-68(53)59(74)50(60(2,3)4)35-47(71)16-7-5-6-15-46(70)17-9-13-41-12-8-14-43(34-41)51-28-29-52-58(66-51)69(57(67-52)49-18-10-33-64-56(49)62)45-26-24-44(25-27-45)61(63)31-11-32-61/h8,10,12,14,18-20,22-29,33-34,38,48,50,53,72H,5-7,9,11,13,15-17,21,30-32,35-37,63H2,1-4H3,(H2,62,64)/t48-,50-,53+/m1/s1. The highest BCUT2D eigenvalue weighted by molar-refractivity contribution is 7.13. The van der Waals surface area contributed by atoms with Gasteiger partial charge in [-0.05, 0) is 128 Å². The quantitative estimate of drug-likeness (QED) is 0.0546. The van der Waals surface area contributed by atoms with Gasteiger partial charge in [0, 0.05) is 74.0 Å². The molecule has 7 aromatic rings. The molecule has 390 valence electrons. The molecule has 4 aromatic heterocycles. The zero-order chi connectivity index (χ0) is 52.9. The largest absolute Gasteiger partial charge is 0.391 e. The number of nitrogens with two attached hydrogens (primary N) is 2. The fourth-order valence-electron chi connectivity index (χ4n) is 10.8. The summed E-state index contributed by atoms with van der Waals surface area (Å²) in [6, 6.07) is 31.8. The first-order valence-electron chi connectivity index (χ1n) is 26.7. The third-order valence-corrected chi connectivity index (χ3v) is 16.4. The van der Waals surface area contributed by atoms with Crippen LogP contribution in [0.15, 0.2) is 109 Å². The van der Waals surface area contributed by atoms with E-state index in [0.29, 0.717) is 55.8 Å². The molecule has 5 heterocycles. The van der Waals surface area contributed by atoms with Crippen molar-refractivity contribution in [1.82, 2.24) is 29.4 Å². The molecular formula is C61H70N8O5S. The van der Waals surface area contributed by atoms with E-state index in [9.17, 15) is 24.3 Å². The lowest BCUT2D eigenvalue weighted by Crippen LogP contribution is -2.47. The first-order chi connectivity index (χ1) is 36.0. The number of hydrogen-bond donors (Lipinski definition) is 3. The Morgan fingerprint density at radius 3 is 2.24 bits per heavy atom. The van der Waals surface area contributed by atoms with E-state index in [1.165, 1.54) is 4.90 Å². The molecule has 3 atom stereocenters. The predicted molar refractivity (Wildman–Crippen MR) is 297 cm³/mol. The number of imidazole rings is 1. The fraction of sp³-hybridized carbons (Fsp3) is 0.410. The third kappa shape index (κ3) is 12.4. The summed E-state index contributed by atoms with van der Waals surface area (Å²) in [6.45, 7) is 7.92. The van der Waals surface area contributed by atoms with Crippen LogP contribution in [-0.4, -0.2) is 76.5 Å². The molecule has 2 aliphatic rings. The number of anilines is 1. The SMILES string of the molecule is Cc1ncsc1-c1ccc(CCC(=O)[C@@H]2C[C@@H](O)CN2C(=O)[C@@H](CC(=O)CCCCCC(=O)CCCc2cccc(-c3ccc4nc(-c5cccnc5N)n(-c5ccc(C6(N)CCC6)cc5)c4n3)c2)C(C)(C)C)cc1. The van der Waals surface area contributed by atoms with Crippen LogP contribution in [0.2, 0.25) is 0 Å². The molecule has 75 heavy (non-hydrogen) atoms. The number of nitrogens with zero attached hydrogens (tertiary/aromatic N) is 6. The van der Waals surface area contributed by atoms with E-state index in [1.54, 1.807) is 17.5 Å². The number of aryl methyl sites for hydroxylation is 3. The first kappa shape index (κ1) is 53.1. The van der Waals surface area contributed by atoms with Crippen molar-refractivity contribution >= 4 is 51.6 Å². The number of benzene rings is 3. The minimum absolute atomic E-state index is 0.00369. The normalized spacial score (nSPS) is 16.7. The summed E-state index contributed by atoms with van der Waals surface area (Å²) in [4.78, 5) is 75.9. The summed E-state index contributed by atoms with van der Waals surface area (Å²) < 4.78 is 2.04. The van der Waals surface area contributed by atoms with Crippen molar-refractivity contribution in [2.45, 2.75) is 142 Å². The molecule has 1 aliphatic heterocycles. The monoisotopic (exact) mass is 1030 g/mol. The van der Waals surface area contributed by atoms with Crippen LogP contribution in [0.4, 0.5) is 5.82 Å². The second-order valence-corrected chi connectivity index (χ2v) is 22.8. The molecule has 0 unspecified atom stereocenters. The third-order valence-electron chi connectivity index (χ3n) is 15.4. The Balaban J connectivity index is 0.738. The highest BCUT2D eigenvalue weighted by Gasteiger charge is 2.44. The number of hydrogen-bond acceptors (Lipinski definition) is 12. The average molecular weight is 1030 g/mol. The number of Topliss-reactive ketones (excluding diaryl/α,β-unsaturated/α-hetero) is 3. The Kier molecular flexibility index (Phi) is 16.3. The summed E-state index contributed by atoms with van der Waals surface area (Å²) in [5, 5.41) is 10.7. The van der Waals surface area contributed by atoms with E-state index in [0.717, 1.165) is 99.4 Å². The Morgan fingerprint density at radius 2 is 1.55 bits per heavy atom. The van der Waals surface area contributed by atoms with Gasteiger partial charge < -0.3 is 21.5 Å². The minimum atomic E-state index is -0.793. The number of ketones is 3. The van der Waals surface area contributed by atoms with Crippen molar-refractivity contribution in [3.05, 3.63) is 131 Å². The lowest BCUT2D eigenvalue weighted by Gasteiger charge is -2.38. The lowest BCUT2D eigenvalue weighted by molar-refractivity contribution is -0.145. The van der Waals surface area contributed by atoms with Gasteiger partial charge in [-0.15, -0.1) is 11.3 Å². The van der Waals surface area contributed by atoms with Gasteiger partial charge in [0.25, 0.3) is 0 Å².